The van der Waals surface area contributed by atoms with E-state index >= 15 is 0 Å². The van der Waals surface area contributed by atoms with Crippen LogP contribution in [0, 0.1) is 0 Å². The molecule has 0 radical (unpaired) electrons. The van der Waals surface area contributed by atoms with Crippen LogP contribution in [0.5, 0.6) is 0 Å². The van der Waals surface area contributed by atoms with E-state index in [-0.39, 0.29) is 11.7 Å². The zero-order chi connectivity index (χ0) is 22.1. The molecule has 0 bridgehead atoms. The standard InChI is InChI=1S/C22H29Cl2N5OS/c1-2-3-4-7-10-25-21(30)16-31-22-26-19(24)15-20(27-22)29-13-11-28(12-14-29)18-9-6-5-8-17(18)23/h5-6,8-9,15H,2-4,7,10-14,16H2,1H3,(H,25,30). The van der Waals surface area contributed by atoms with Crippen LogP contribution in [0.1, 0.15) is 32.6 Å². The van der Waals surface area contributed by atoms with Crippen molar-refractivity contribution in [3.05, 3.63) is 40.5 Å². The van der Waals surface area contributed by atoms with E-state index in [4.69, 9.17) is 23.2 Å². The number of unbranched alkanes of at least 4 members (excludes halogenated alkanes) is 3. The number of nitrogens with zero attached hydrogens (tertiary/aromatic N) is 4. The third kappa shape index (κ3) is 7.44. The largest absolute Gasteiger partial charge is 0.367 e. The summed E-state index contributed by atoms with van der Waals surface area (Å²) in [5.41, 5.74) is 1.06. The van der Waals surface area contributed by atoms with Crippen LogP contribution < -0.4 is 15.1 Å². The van der Waals surface area contributed by atoms with E-state index in [1.807, 2.05) is 24.3 Å². The SMILES string of the molecule is CCCCCCNC(=O)CSc1nc(Cl)cc(N2CCN(c3ccccc3Cl)CC2)n1. The highest BCUT2D eigenvalue weighted by Crippen LogP contribution is 2.28. The Kier molecular flexibility index (Phi) is 9.55. The zero-order valence-corrected chi connectivity index (χ0v) is 20.1. The van der Waals surface area contributed by atoms with Crippen molar-refractivity contribution in [2.24, 2.45) is 0 Å². The predicted octanol–water partition coefficient (Wildman–Crippen LogP) is 4.90. The van der Waals surface area contributed by atoms with Gasteiger partial charge >= 0.3 is 0 Å². The summed E-state index contributed by atoms with van der Waals surface area (Å²) in [5.74, 6) is 1.08. The second-order valence-electron chi connectivity index (χ2n) is 7.46. The van der Waals surface area contributed by atoms with Crippen molar-refractivity contribution >= 4 is 52.4 Å². The van der Waals surface area contributed by atoms with Gasteiger partial charge in [-0.25, -0.2) is 9.97 Å². The molecule has 1 aromatic carbocycles. The van der Waals surface area contributed by atoms with Gasteiger partial charge in [0.15, 0.2) is 5.16 Å². The van der Waals surface area contributed by atoms with Crippen molar-refractivity contribution in [2.75, 3.05) is 48.3 Å². The fraction of sp³-hybridized carbons (Fsp3) is 0.500. The van der Waals surface area contributed by atoms with Crippen LogP contribution in [0.2, 0.25) is 10.2 Å². The van der Waals surface area contributed by atoms with E-state index in [1.54, 1.807) is 6.07 Å². The number of para-hydroxylation sites is 1. The molecule has 1 N–H and O–H groups in total. The van der Waals surface area contributed by atoms with Crippen molar-refractivity contribution in [1.29, 1.82) is 0 Å². The van der Waals surface area contributed by atoms with Crippen LogP contribution in [0.15, 0.2) is 35.5 Å². The molecule has 1 aliphatic rings. The number of halogens is 2. The highest BCUT2D eigenvalue weighted by Gasteiger charge is 2.21. The van der Waals surface area contributed by atoms with Gasteiger partial charge in [-0.1, -0.05) is 73.3 Å². The molecule has 0 spiro atoms. The molecule has 1 saturated heterocycles. The van der Waals surface area contributed by atoms with Gasteiger partial charge in [0.25, 0.3) is 0 Å². The smallest absolute Gasteiger partial charge is 0.230 e. The first-order valence-corrected chi connectivity index (χ1v) is 12.5. The monoisotopic (exact) mass is 481 g/mol. The minimum absolute atomic E-state index is 0.0000203. The molecule has 168 valence electrons. The quantitative estimate of drug-likeness (QED) is 0.225. The zero-order valence-electron chi connectivity index (χ0n) is 17.8. The molecule has 1 amide bonds. The molecule has 31 heavy (non-hydrogen) atoms. The molecule has 9 heteroatoms. The van der Waals surface area contributed by atoms with E-state index < -0.39 is 0 Å². The topological polar surface area (TPSA) is 61.4 Å². The summed E-state index contributed by atoms with van der Waals surface area (Å²) < 4.78 is 0. The van der Waals surface area contributed by atoms with Gasteiger partial charge in [-0.05, 0) is 18.6 Å². The van der Waals surface area contributed by atoms with Gasteiger partial charge < -0.3 is 15.1 Å². The minimum Gasteiger partial charge on any atom is -0.367 e. The lowest BCUT2D eigenvalue weighted by atomic mass is 10.2. The van der Waals surface area contributed by atoms with Crippen LogP contribution in [0.3, 0.4) is 0 Å². The van der Waals surface area contributed by atoms with Crippen molar-refractivity contribution < 1.29 is 4.79 Å². The number of carbonyl (C=O) groups excluding carboxylic acids is 1. The number of thioether (sulfide) groups is 1. The number of carbonyl (C=O) groups is 1. The number of nitrogens with one attached hydrogen (secondary N) is 1. The summed E-state index contributed by atoms with van der Waals surface area (Å²) >= 11 is 13.9. The maximum absolute atomic E-state index is 12.1. The van der Waals surface area contributed by atoms with Crippen LogP contribution in [-0.2, 0) is 4.79 Å². The van der Waals surface area contributed by atoms with E-state index in [0.717, 1.165) is 62.1 Å². The third-order valence-corrected chi connectivity index (χ3v) is 6.50. The van der Waals surface area contributed by atoms with E-state index in [0.29, 0.717) is 10.3 Å². The second-order valence-corrected chi connectivity index (χ2v) is 9.19. The van der Waals surface area contributed by atoms with Crippen LogP contribution in [-0.4, -0.2) is 54.4 Å². The molecule has 6 nitrogen and oxygen atoms in total. The molecule has 1 aliphatic heterocycles. The van der Waals surface area contributed by atoms with Gasteiger partial charge in [-0.15, -0.1) is 0 Å². The summed E-state index contributed by atoms with van der Waals surface area (Å²) in [6.45, 7) is 6.19. The van der Waals surface area contributed by atoms with Crippen LogP contribution in [0.25, 0.3) is 0 Å². The molecule has 0 atom stereocenters. The lowest BCUT2D eigenvalue weighted by Crippen LogP contribution is -2.47. The molecule has 0 aliphatic carbocycles. The number of piperazine rings is 1. The maximum atomic E-state index is 12.1. The Bertz CT molecular complexity index is 862. The lowest BCUT2D eigenvalue weighted by molar-refractivity contribution is -0.118. The Labute approximate surface area is 198 Å². The summed E-state index contributed by atoms with van der Waals surface area (Å²) in [7, 11) is 0. The molecular weight excluding hydrogens is 453 g/mol. The summed E-state index contributed by atoms with van der Waals surface area (Å²) in [4.78, 5) is 25.5. The number of aromatic nitrogens is 2. The average Bonchev–Trinajstić information content (AvgIpc) is 2.78. The van der Waals surface area contributed by atoms with E-state index in [1.165, 1.54) is 24.6 Å². The Morgan fingerprint density at radius 1 is 1.06 bits per heavy atom. The molecule has 1 aromatic heterocycles. The van der Waals surface area contributed by atoms with Crippen molar-refractivity contribution in [2.45, 2.75) is 37.8 Å². The number of hydrogen-bond acceptors (Lipinski definition) is 6. The first-order valence-electron chi connectivity index (χ1n) is 10.8. The first-order chi connectivity index (χ1) is 15.1. The second kappa shape index (κ2) is 12.4. The first kappa shape index (κ1) is 24.0. The number of benzene rings is 1. The average molecular weight is 482 g/mol. The third-order valence-electron chi connectivity index (χ3n) is 5.14. The molecule has 0 saturated carbocycles. The molecule has 2 aromatic rings. The highest BCUT2D eigenvalue weighted by atomic mass is 35.5. The number of anilines is 2. The normalized spacial score (nSPS) is 14.0. The van der Waals surface area contributed by atoms with Gasteiger partial charge in [0, 0.05) is 38.8 Å². The number of hydrogen-bond donors (Lipinski definition) is 1. The number of rotatable bonds is 10. The summed E-state index contributed by atoms with van der Waals surface area (Å²) in [6, 6.07) is 9.69. The Morgan fingerprint density at radius 2 is 1.81 bits per heavy atom. The van der Waals surface area contributed by atoms with Gasteiger partial charge in [0.2, 0.25) is 5.91 Å². The minimum atomic E-state index is -0.0000203. The molecular formula is C22H29Cl2N5OS. The van der Waals surface area contributed by atoms with Gasteiger partial charge in [-0.2, -0.15) is 0 Å². The van der Waals surface area contributed by atoms with Gasteiger partial charge in [-0.3, -0.25) is 4.79 Å². The van der Waals surface area contributed by atoms with Crippen molar-refractivity contribution in [1.82, 2.24) is 15.3 Å². The van der Waals surface area contributed by atoms with Crippen LogP contribution in [0.4, 0.5) is 11.5 Å². The van der Waals surface area contributed by atoms with E-state index in [2.05, 4.69) is 32.0 Å². The molecule has 0 unspecified atom stereocenters. The molecule has 2 heterocycles. The van der Waals surface area contributed by atoms with E-state index in [9.17, 15) is 4.79 Å². The Hall–Kier alpha value is -1.70. The summed E-state index contributed by atoms with van der Waals surface area (Å²) in [5, 5.41) is 4.64. The molecule has 3 rings (SSSR count). The fourth-order valence-electron chi connectivity index (χ4n) is 3.46. The molecule has 1 fully saturated rings. The summed E-state index contributed by atoms with van der Waals surface area (Å²) in [6.07, 6.45) is 4.56. The lowest BCUT2D eigenvalue weighted by Gasteiger charge is -2.37. The Balaban J connectivity index is 1.51. The predicted molar refractivity (Wildman–Crippen MR) is 131 cm³/mol. The van der Waals surface area contributed by atoms with Gasteiger partial charge in [0.1, 0.15) is 11.0 Å². The number of amides is 1. The van der Waals surface area contributed by atoms with Crippen molar-refractivity contribution in [3.8, 4) is 0 Å². The highest BCUT2D eigenvalue weighted by molar-refractivity contribution is 7.99. The van der Waals surface area contributed by atoms with Gasteiger partial charge in [0.05, 0.1) is 16.5 Å². The van der Waals surface area contributed by atoms with Crippen molar-refractivity contribution in [3.63, 3.8) is 0 Å². The van der Waals surface area contributed by atoms with Crippen LogP contribution >= 0.6 is 35.0 Å². The maximum Gasteiger partial charge on any atom is 0.230 e. The Morgan fingerprint density at radius 3 is 2.55 bits per heavy atom. The fourth-order valence-corrected chi connectivity index (χ4v) is 4.62.